The molecule has 1 saturated heterocycles. The molecule has 1 aliphatic rings. The average molecular weight is 449 g/mol. The quantitative estimate of drug-likeness (QED) is 0.428. The molecule has 2 aromatic heterocycles. The first kappa shape index (κ1) is 23.2. The Bertz CT molecular complexity index is 776. The van der Waals surface area contributed by atoms with Crippen molar-refractivity contribution in [3.05, 3.63) is 32.2 Å². The third kappa shape index (κ3) is 7.32. The van der Waals surface area contributed by atoms with Crippen molar-refractivity contribution in [1.82, 2.24) is 25.5 Å². The molecule has 1 aliphatic heterocycles. The monoisotopic (exact) mass is 448 g/mol. The molecule has 0 amide bonds. The Hall–Kier alpha value is -1.51. The second kappa shape index (κ2) is 12.4. The van der Waals surface area contributed by atoms with Crippen molar-refractivity contribution in [2.75, 3.05) is 32.7 Å². The molecule has 0 aliphatic carbocycles. The number of hydrogen-bond donors (Lipinski definition) is 2. The molecule has 0 saturated carbocycles. The number of nitrogens with zero attached hydrogens (tertiary/aromatic N) is 4. The molecule has 3 rings (SSSR count). The highest BCUT2D eigenvalue weighted by Gasteiger charge is 2.20. The van der Waals surface area contributed by atoms with E-state index in [9.17, 15) is 0 Å². The van der Waals surface area contributed by atoms with Gasteiger partial charge in [-0.3, -0.25) is 9.89 Å². The summed E-state index contributed by atoms with van der Waals surface area (Å²) in [5.74, 6) is 1.60. The number of hydrogen-bond acceptors (Lipinski definition) is 6. The zero-order chi connectivity index (χ0) is 21.2. The van der Waals surface area contributed by atoms with Gasteiger partial charge in [0.15, 0.2) is 5.96 Å². The van der Waals surface area contributed by atoms with Gasteiger partial charge in [0, 0.05) is 49.1 Å². The van der Waals surface area contributed by atoms with Crippen molar-refractivity contribution in [1.29, 1.82) is 0 Å². The Labute approximate surface area is 189 Å². The SMILES string of the molecule is CCNC(=NCC1CCN(Cc2csc(CC)n2)CC1)NCCc1ncc(CC)s1. The first-order valence-electron chi connectivity index (χ1n) is 11.3. The third-order valence-electron chi connectivity index (χ3n) is 5.43. The summed E-state index contributed by atoms with van der Waals surface area (Å²) in [5, 5.41) is 11.5. The minimum atomic E-state index is 0.671. The Morgan fingerprint density at radius 3 is 2.67 bits per heavy atom. The number of guanidine groups is 1. The molecular formula is C22H36N6S2. The lowest BCUT2D eigenvalue weighted by Gasteiger charge is -2.30. The van der Waals surface area contributed by atoms with Crippen LogP contribution in [0.2, 0.25) is 0 Å². The molecule has 0 aromatic carbocycles. The molecule has 0 bridgehead atoms. The summed E-state index contributed by atoms with van der Waals surface area (Å²) in [6.07, 6.45) is 7.49. The molecule has 8 heteroatoms. The predicted octanol–water partition coefficient (Wildman–Crippen LogP) is 3.73. The summed E-state index contributed by atoms with van der Waals surface area (Å²) in [6, 6.07) is 0. The van der Waals surface area contributed by atoms with Gasteiger partial charge < -0.3 is 10.6 Å². The molecule has 0 radical (unpaired) electrons. The van der Waals surface area contributed by atoms with E-state index in [1.165, 1.54) is 33.4 Å². The fourth-order valence-corrected chi connectivity index (χ4v) is 5.22. The fourth-order valence-electron chi connectivity index (χ4n) is 3.62. The van der Waals surface area contributed by atoms with Gasteiger partial charge in [-0.05, 0) is 51.6 Å². The average Bonchev–Trinajstić information content (AvgIpc) is 3.42. The van der Waals surface area contributed by atoms with Gasteiger partial charge in [0.25, 0.3) is 0 Å². The van der Waals surface area contributed by atoms with Crippen LogP contribution in [0, 0.1) is 5.92 Å². The number of nitrogens with one attached hydrogen (secondary N) is 2. The van der Waals surface area contributed by atoms with Crippen LogP contribution in [0.25, 0.3) is 0 Å². The van der Waals surface area contributed by atoms with E-state index in [0.717, 1.165) is 64.5 Å². The molecule has 30 heavy (non-hydrogen) atoms. The normalized spacial score (nSPS) is 16.2. The van der Waals surface area contributed by atoms with E-state index in [1.807, 2.05) is 17.5 Å². The van der Waals surface area contributed by atoms with E-state index in [1.54, 1.807) is 11.3 Å². The number of piperidine rings is 1. The highest BCUT2D eigenvalue weighted by atomic mass is 32.1. The van der Waals surface area contributed by atoms with Crippen LogP contribution in [0.5, 0.6) is 0 Å². The van der Waals surface area contributed by atoms with E-state index >= 15 is 0 Å². The minimum Gasteiger partial charge on any atom is -0.357 e. The lowest BCUT2D eigenvalue weighted by molar-refractivity contribution is 0.179. The first-order chi connectivity index (χ1) is 14.7. The standard InChI is InChI=1S/C22H36N6S2/c1-4-19-14-25-21(30-19)7-10-24-22(23-6-3)26-13-17-8-11-28(12-9-17)15-18-16-29-20(5-2)27-18/h14,16-17H,4-13,15H2,1-3H3,(H2,23,24,26). The van der Waals surface area contributed by atoms with Gasteiger partial charge in [0.05, 0.1) is 15.7 Å². The summed E-state index contributed by atoms with van der Waals surface area (Å²) in [4.78, 5) is 18.0. The Morgan fingerprint density at radius 2 is 2.00 bits per heavy atom. The van der Waals surface area contributed by atoms with E-state index in [4.69, 9.17) is 9.98 Å². The smallest absolute Gasteiger partial charge is 0.191 e. The largest absolute Gasteiger partial charge is 0.357 e. The molecule has 0 atom stereocenters. The lowest BCUT2D eigenvalue weighted by Crippen LogP contribution is -2.39. The number of rotatable bonds is 10. The summed E-state index contributed by atoms with van der Waals surface area (Å²) in [5.41, 5.74) is 1.23. The molecule has 1 fully saturated rings. The van der Waals surface area contributed by atoms with Crippen LogP contribution in [0.3, 0.4) is 0 Å². The van der Waals surface area contributed by atoms with Crippen LogP contribution in [0.4, 0.5) is 0 Å². The summed E-state index contributed by atoms with van der Waals surface area (Å²) in [7, 11) is 0. The summed E-state index contributed by atoms with van der Waals surface area (Å²) >= 11 is 3.61. The molecule has 0 unspecified atom stereocenters. The molecule has 2 N–H and O–H groups in total. The van der Waals surface area contributed by atoms with Crippen LogP contribution >= 0.6 is 22.7 Å². The van der Waals surface area contributed by atoms with Crippen molar-refractivity contribution >= 4 is 28.6 Å². The topological polar surface area (TPSA) is 65.4 Å². The molecule has 2 aromatic rings. The minimum absolute atomic E-state index is 0.671. The summed E-state index contributed by atoms with van der Waals surface area (Å²) < 4.78 is 0. The summed E-state index contributed by atoms with van der Waals surface area (Å²) in [6.45, 7) is 12.4. The number of likely N-dealkylation sites (tertiary alicyclic amines) is 1. The van der Waals surface area contributed by atoms with Gasteiger partial charge in [-0.15, -0.1) is 22.7 Å². The van der Waals surface area contributed by atoms with Crippen LogP contribution in [0.1, 0.15) is 54.2 Å². The Kier molecular flexibility index (Phi) is 9.55. The van der Waals surface area contributed by atoms with Crippen LogP contribution in [-0.2, 0) is 25.8 Å². The van der Waals surface area contributed by atoms with Crippen molar-refractivity contribution in [2.24, 2.45) is 10.9 Å². The van der Waals surface area contributed by atoms with E-state index in [2.05, 4.69) is 46.7 Å². The van der Waals surface area contributed by atoms with E-state index in [0.29, 0.717) is 5.92 Å². The van der Waals surface area contributed by atoms with Crippen molar-refractivity contribution in [3.8, 4) is 0 Å². The molecule has 3 heterocycles. The van der Waals surface area contributed by atoms with Crippen molar-refractivity contribution in [2.45, 2.75) is 59.4 Å². The zero-order valence-electron chi connectivity index (χ0n) is 18.6. The second-order valence-corrected chi connectivity index (χ2v) is 9.92. The van der Waals surface area contributed by atoms with Gasteiger partial charge in [0.1, 0.15) is 0 Å². The van der Waals surface area contributed by atoms with Crippen LogP contribution in [-0.4, -0.2) is 53.6 Å². The lowest BCUT2D eigenvalue weighted by atomic mass is 9.97. The van der Waals surface area contributed by atoms with Crippen molar-refractivity contribution in [3.63, 3.8) is 0 Å². The van der Waals surface area contributed by atoms with Gasteiger partial charge in [-0.2, -0.15) is 0 Å². The Morgan fingerprint density at radius 1 is 1.17 bits per heavy atom. The number of aromatic nitrogens is 2. The first-order valence-corrected chi connectivity index (χ1v) is 13.0. The maximum absolute atomic E-state index is 4.86. The number of thiazole rings is 2. The maximum atomic E-state index is 4.86. The fraction of sp³-hybridized carbons (Fsp3) is 0.682. The van der Waals surface area contributed by atoms with Crippen LogP contribution < -0.4 is 10.6 Å². The van der Waals surface area contributed by atoms with Gasteiger partial charge >= 0.3 is 0 Å². The molecule has 166 valence electrons. The third-order valence-corrected chi connectivity index (χ3v) is 7.67. The highest BCUT2D eigenvalue weighted by molar-refractivity contribution is 7.11. The zero-order valence-corrected chi connectivity index (χ0v) is 20.2. The number of aliphatic imine (C=N–C) groups is 1. The van der Waals surface area contributed by atoms with Gasteiger partial charge in [-0.1, -0.05) is 13.8 Å². The highest BCUT2D eigenvalue weighted by Crippen LogP contribution is 2.20. The van der Waals surface area contributed by atoms with E-state index in [-0.39, 0.29) is 0 Å². The predicted molar refractivity (Wildman–Crippen MR) is 129 cm³/mol. The van der Waals surface area contributed by atoms with Gasteiger partial charge in [0.2, 0.25) is 0 Å². The van der Waals surface area contributed by atoms with Gasteiger partial charge in [-0.25, -0.2) is 9.97 Å². The number of aryl methyl sites for hydroxylation is 2. The molecular weight excluding hydrogens is 412 g/mol. The van der Waals surface area contributed by atoms with Crippen LogP contribution in [0.15, 0.2) is 16.6 Å². The second-order valence-electron chi connectivity index (χ2n) is 7.78. The Balaban J connectivity index is 1.39. The van der Waals surface area contributed by atoms with Crippen molar-refractivity contribution < 1.29 is 0 Å². The molecule has 0 spiro atoms. The van der Waals surface area contributed by atoms with E-state index < -0.39 is 0 Å². The maximum Gasteiger partial charge on any atom is 0.191 e. The molecule has 6 nitrogen and oxygen atoms in total.